The third kappa shape index (κ3) is 25.0. The van der Waals surface area contributed by atoms with Gasteiger partial charge in [0, 0.05) is 24.3 Å². The molecule has 0 heterocycles. The van der Waals surface area contributed by atoms with Gasteiger partial charge in [-0.2, -0.15) is 0 Å². The molecule has 0 aromatic heterocycles. The molecule has 0 radical (unpaired) electrons. The lowest BCUT2D eigenvalue weighted by atomic mass is 9.87. The van der Waals surface area contributed by atoms with Crippen molar-refractivity contribution in [3.05, 3.63) is 102 Å². The van der Waals surface area contributed by atoms with Crippen molar-refractivity contribution in [1.82, 2.24) is 10.6 Å². The van der Waals surface area contributed by atoms with Crippen LogP contribution >= 0.6 is 0 Å². The van der Waals surface area contributed by atoms with Crippen LogP contribution in [0.1, 0.15) is 115 Å². The second-order valence-corrected chi connectivity index (χ2v) is 14.8. The molecule has 9 nitrogen and oxygen atoms in total. The zero-order chi connectivity index (χ0) is 41.3. The number of rotatable bonds is 31. The number of carbonyl (C=O) groups is 3. The Morgan fingerprint density at radius 1 is 0.786 bits per heavy atom. The van der Waals surface area contributed by atoms with Crippen LogP contribution in [0.5, 0.6) is 5.75 Å². The van der Waals surface area contributed by atoms with Gasteiger partial charge in [0.15, 0.2) is 0 Å². The van der Waals surface area contributed by atoms with E-state index in [1.54, 1.807) is 0 Å². The molecule has 1 atom stereocenters. The topological polar surface area (TPSA) is 134 Å². The van der Waals surface area contributed by atoms with Gasteiger partial charge >= 0.3 is 5.97 Å². The molecule has 1 aromatic rings. The predicted octanol–water partition coefficient (Wildman–Crippen LogP) is 8.88. The number of allylic oxidation sites excluding steroid dienone is 12. The minimum Gasteiger partial charge on any atom is -0.493 e. The number of nitrogens with one attached hydrogen (secondary N) is 2. The number of aliphatic hydroxyl groups is 2. The summed E-state index contributed by atoms with van der Waals surface area (Å²) in [6.07, 6.45) is 34.9. The minimum atomic E-state index is -0.866. The molecule has 1 aromatic carbocycles. The summed E-state index contributed by atoms with van der Waals surface area (Å²) in [5.41, 5.74) is 1.66. The summed E-state index contributed by atoms with van der Waals surface area (Å²) in [6.45, 7) is 10.2. The third-order valence-electron chi connectivity index (χ3n) is 9.10. The molecule has 0 aliphatic rings. The normalized spacial score (nSPS) is 13.0. The maximum atomic E-state index is 13.0. The van der Waals surface area contributed by atoms with Crippen molar-refractivity contribution in [2.75, 3.05) is 33.0 Å². The molecule has 1 unspecified atom stereocenters. The van der Waals surface area contributed by atoms with Crippen LogP contribution < -0.4 is 15.4 Å². The van der Waals surface area contributed by atoms with Crippen molar-refractivity contribution in [2.24, 2.45) is 11.3 Å². The summed E-state index contributed by atoms with van der Waals surface area (Å²) < 4.78 is 11.3. The number of ether oxygens (including phenoxy) is 2. The first-order valence-corrected chi connectivity index (χ1v) is 20.6. The summed E-state index contributed by atoms with van der Waals surface area (Å²) in [5, 5.41) is 24.5. The van der Waals surface area contributed by atoms with Crippen LogP contribution in [0.2, 0.25) is 0 Å². The molecule has 0 aliphatic heterocycles. The van der Waals surface area contributed by atoms with E-state index in [4.69, 9.17) is 9.47 Å². The number of carbonyl (C=O) groups excluding carboxylic acids is 3. The highest BCUT2D eigenvalue weighted by atomic mass is 16.5. The number of aryl methyl sites for hydroxylation is 2. The molecule has 4 N–H and O–H groups in total. The molecule has 0 fully saturated rings. The molecule has 312 valence electrons. The molecular formula is C47H72N2O7. The third-order valence-corrected chi connectivity index (χ3v) is 9.10. The van der Waals surface area contributed by atoms with Crippen LogP contribution in [-0.4, -0.2) is 67.0 Å². The SMILES string of the molecule is CC/C=C\C/C=C\C/C=C\C/C=C\C/C=C\C/C=C\CCC(=O)NC(CCCCNC(=O)C(C)(C)CCCOc1cc(C)ccc1C)C(=O)OCC(CO)CO. The largest absolute Gasteiger partial charge is 0.493 e. The van der Waals surface area contributed by atoms with Gasteiger partial charge in [0.2, 0.25) is 11.8 Å². The van der Waals surface area contributed by atoms with E-state index in [2.05, 4.69) is 84.4 Å². The van der Waals surface area contributed by atoms with E-state index in [1.807, 2.05) is 52.0 Å². The van der Waals surface area contributed by atoms with Gasteiger partial charge in [-0.1, -0.05) is 106 Å². The zero-order valence-corrected chi connectivity index (χ0v) is 35.0. The molecule has 0 aliphatic carbocycles. The Morgan fingerprint density at radius 3 is 1.93 bits per heavy atom. The average molecular weight is 777 g/mol. The standard InChI is InChI=1S/C47H72N2O7/c1-6-7-8-9-10-11-12-13-14-15-16-17-18-19-20-21-22-23-24-29-44(52)49-42(45(53)56-38-41(36-50)37-51)28-25-26-33-48-46(54)47(4,5)32-27-34-55-43-35-39(2)30-31-40(43)3/h7-8,10-11,13-14,16-17,19-20,22-23,30-31,35,41-42,50-51H,6,9,12,15,18,21,24-29,32-34,36-38H2,1-5H3,(H,48,54)(H,49,52)/b8-7-,11-10-,14-13-,17-16-,20-19-,23-22-. The quantitative estimate of drug-likeness (QED) is 0.0336. The molecule has 0 saturated heterocycles. The highest BCUT2D eigenvalue weighted by Crippen LogP contribution is 2.24. The Bertz CT molecular complexity index is 1420. The molecular weight excluding hydrogens is 705 g/mol. The Morgan fingerprint density at radius 2 is 1.36 bits per heavy atom. The van der Waals surface area contributed by atoms with Crippen molar-refractivity contribution >= 4 is 17.8 Å². The van der Waals surface area contributed by atoms with E-state index in [0.717, 1.165) is 61.8 Å². The van der Waals surface area contributed by atoms with Gasteiger partial charge in [-0.05, 0) is 108 Å². The Balaban J connectivity index is 2.41. The fraction of sp³-hybridized carbons (Fsp3) is 0.553. The molecule has 9 heteroatoms. The average Bonchev–Trinajstić information content (AvgIpc) is 3.18. The van der Waals surface area contributed by atoms with E-state index in [-0.39, 0.29) is 38.1 Å². The second-order valence-electron chi connectivity index (χ2n) is 14.8. The van der Waals surface area contributed by atoms with Crippen LogP contribution in [0, 0.1) is 25.2 Å². The maximum Gasteiger partial charge on any atom is 0.328 e. The van der Waals surface area contributed by atoms with Gasteiger partial charge in [0.25, 0.3) is 0 Å². The van der Waals surface area contributed by atoms with Crippen LogP contribution in [0.3, 0.4) is 0 Å². The monoisotopic (exact) mass is 777 g/mol. The van der Waals surface area contributed by atoms with Gasteiger partial charge in [-0.3, -0.25) is 9.59 Å². The lowest BCUT2D eigenvalue weighted by Gasteiger charge is -2.24. The summed E-state index contributed by atoms with van der Waals surface area (Å²) in [7, 11) is 0. The fourth-order valence-corrected chi connectivity index (χ4v) is 5.42. The highest BCUT2D eigenvalue weighted by Gasteiger charge is 2.27. The Kier molecular flexibility index (Phi) is 28.4. The van der Waals surface area contributed by atoms with E-state index in [1.165, 1.54) is 0 Å². The van der Waals surface area contributed by atoms with E-state index >= 15 is 0 Å². The lowest BCUT2D eigenvalue weighted by molar-refractivity contribution is -0.150. The first-order chi connectivity index (χ1) is 27.0. The van der Waals surface area contributed by atoms with Crippen molar-refractivity contribution in [3.63, 3.8) is 0 Å². The number of unbranched alkanes of at least 4 members (excludes halogenated alkanes) is 1. The summed E-state index contributed by atoms with van der Waals surface area (Å²) >= 11 is 0. The van der Waals surface area contributed by atoms with Crippen LogP contribution in [-0.2, 0) is 19.1 Å². The van der Waals surface area contributed by atoms with Crippen LogP contribution in [0.4, 0.5) is 0 Å². The minimum absolute atomic E-state index is 0.0399. The van der Waals surface area contributed by atoms with Gasteiger partial charge < -0.3 is 30.3 Å². The highest BCUT2D eigenvalue weighted by molar-refractivity contribution is 5.84. The molecule has 0 saturated carbocycles. The second kappa shape index (κ2) is 31.9. The maximum absolute atomic E-state index is 13.0. The first-order valence-electron chi connectivity index (χ1n) is 20.6. The van der Waals surface area contributed by atoms with Crippen LogP contribution in [0.15, 0.2) is 91.1 Å². The Hall–Kier alpha value is -4.21. The van der Waals surface area contributed by atoms with Gasteiger partial charge in [-0.25, -0.2) is 4.79 Å². The van der Waals surface area contributed by atoms with Crippen molar-refractivity contribution < 1.29 is 34.1 Å². The zero-order valence-electron chi connectivity index (χ0n) is 35.0. The first kappa shape index (κ1) is 49.8. The molecule has 0 bridgehead atoms. The van der Waals surface area contributed by atoms with E-state index < -0.39 is 23.3 Å². The van der Waals surface area contributed by atoms with Crippen molar-refractivity contribution in [2.45, 2.75) is 124 Å². The summed E-state index contributed by atoms with van der Waals surface area (Å²) in [5.74, 6) is -0.615. The Labute approximate surface area is 338 Å². The summed E-state index contributed by atoms with van der Waals surface area (Å²) in [6, 6.07) is 5.26. The molecule has 0 spiro atoms. The molecule has 1 rings (SSSR count). The smallest absolute Gasteiger partial charge is 0.328 e. The molecule has 2 amide bonds. The number of hydrogen-bond donors (Lipinski definition) is 4. The molecule has 56 heavy (non-hydrogen) atoms. The number of aliphatic hydroxyl groups excluding tert-OH is 2. The van der Waals surface area contributed by atoms with Gasteiger partial charge in [0.05, 0.1) is 26.4 Å². The number of benzene rings is 1. The fourth-order valence-electron chi connectivity index (χ4n) is 5.42. The number of hydrogen-bond acceptors (Lipinski definition) is 7. The number of esters is 1. The lowest BCUT2D eigenvalue weighted by Crippen LogP contribution is -2.42. The predicted molar refractivity (Wildman–Crippen MR) is 229 cm³/mol. The van der Waals surface area contributed by atoms with E-state index in [9.17, 15) is 24.6 Å². The summed E-state index contributed by atoms with van der Waals surface area (Å²) in [4.78, 5) is 38.6. The van der Waals surface area contributed by atoms with Gasteiger partial charge in [0.1, 0.15) is 11.8 Å². The number of amides is 2. The van der Waals surface area contributed by atoms with Gasteiger partial charge in [-0.15, -0.1) is 0 Å². The van der Waals surface area contributed by atoms with Crippen molar-refractivity contribution in [1.29, 1.82) is 0 Å². The van der Waals surface area contributed by atoms with Crippen LogP contribution in [0.25, 0.3) is 0 Å². The van der Waals surface area contributed by atoms with E-state index in [0.29, 0.717) is 45.3 Å². The van der Waals surface area contributed by atoms with Crippen molar-refractivity contribution in [3.8, 4) is 5.75 Å².